The van der Waals surface area contributed by atoms with Gasteiger partial charge >= 0.3 is 0 Å². The molecule has 1 fully saturated rings. The van der Waals surface area contributed by atoms with E-state index in [2.05, 4.69) is 53.8 Å². The van der Waals surface area contributed by atoms with Crippen LogP contribution in [-0.4, -0.2) is 51.2 Å². The van der Waals surface area contributed by atoms with Crippen LogP contribution in [0.4, 0.5) is 0 Å². The Balaban J connectivity index is 1.69. The molecule has 0 spiro atoms. The summed E-state index contributed by atoms with van der Waals surface area (Å²) in [5, 5.41) is 10.0. The Morgan fingerprint density at radius 3 is 2.38 bits per heavy atom. The first-order chi connectivity index (χ1) is 16.0. The van der Waals surface area contributed by atoms with E-state index in [1.807, 2.05) is 12.1 Å². The van der Waals surface area contributed by atoms with Crippen molar-refractivity contribution < 1.29 is 13.2 Å². The van der Waals surface area contributed by atoms with Gasteiger partial charge in [-0.1, -0.05) is 49.7 Å². The Morgan fingerprint density at radius 1 is 1.18 bits per heavy atom. The fourth-order valence-corrected chi connectivity index (χ4v) is 5.48. The molecule has 0 atom stereocenters. The zero-order valence-electron chi connectivity index (χ0n) is 19.8. The third-order valence-corrected chi connectivity index (χ3v) is 7.46. The molecule has 0 bridgehead atoms. The van der Waals surface area contributed by atoms with Crippen LogP contribution in [0.5, 0.6) is 5.75 Å². The van der Waals surface area contributed by atoms with E-state index in [0.717, 1.165) is 43.6 Å². The van der Waals surface area contributed by atoms with Gasteiger partial charge in [0.25, 0.3) is 0 Å². The molecule has 0 aliphatic carbocycles. The van der Waals surface area contributed by atoms with Gasteiger partial charge in [0.2, 0.25) is 10.0 Å². The lowest BCUT2D eigenvalue weighted by Crippen LogP contribution is -2.43. The molecule has 1 heterocycles. The zero-order valence-corrected chi connectivity index (χ0v) is 22.1. The molecule has 1 aliphatic rings. The Labute approximate surface area is 212 Å². The number of likely N-dealkylation sites (tertiary alicyclic amines) is 1. The average molecular weight is 525 g/mol. The number of benzene rings is 2. The van der Waals surface area contributed by atoms with E-state index in [-0.39, 0.29) is 18.1 Å². The van der Waals surface area contributed by atoms with Gasteiger partial charge in [0.1, 0.15) is 12.7 Å². The number of alkyl halides is 1. The van der Waals surface area contributed by atoms with Gasteiger partial charge in [-0.15, -0.1) is 11.6 Å². The van der Waals surface area contributed by atoms with E-state index in [0.29, 0.717) is 22.2 Å². The second-order valence-corrected chi connectivity index (χ2v) is 11.8. The number of rotatable bonds is 9. The van der Waals surface area contributed by atoms with Crippen LogP contribution < -0.4 is 9.46 Å². The number of ether oxygens (including phenoxy) is 1. The first-order valence-corrected chi connectivity index (χ1v) is 14.1. The molecule has 0 saturated carbocycles. The molecule has 0 unspecified atom stereocenters. The maximum absolute atomic E-state index is 11.4. The lowest BCUT2D eigenvalue weighted by molar-refractivity contribution is 0.200. The second kappa shape index (κ2) is 11.3. The molecule has 34 heavy (non-hydrogen) atoms. The van der Waals surface area contributed by atoms with Crippen LogP contribution in [-0.2, 0) is 22.0 Å². The number of sulfonamides is 1. The van der Waals surface area contributed by atoms with E-state index in [9.17, 15) is 13.7 Å². The summed E-state index contributed by atoms with van der Waals surface area (Å²) in [6, 6.07) is 14.4. The highest BCUT2D eigenvalue weighted by Gasteiger charge is 2.26. The van der Waals surface area contributed by atoms with Crippen molar-refractivity contribution >= 4 is 33.2 Å². The smallest absolute Gasteiger partial charge is 0.208 e. The largest absolute Gasteiger partial charge is 0.489 e. The molecule has 1 N–H and O–H groups in total. The van der Waals surface area contributed by atoms with Gasteiger partial charge < -0.3 is 4.74 Å². The van der Waals surface area contributed by atoms with Crippen LogP contribution in [0, 0.1) is 11.3 Å². The molecule has 3 rings (SSSR count). The molecular formula is C25H31Cl2N3O3S. The number of halogens is 2. The van der Waals surface area contributed by atoms with E-state index < -0.39 is 10.0 Å². The van der Waals surface area contributed by atoms with Gasteiger partial charge in [0.05, 0.1) is 22.7 Å². The summed E-state index contributed by atoms with van der Waals surface area (Å²) in [4.78, 5) is 2.35. The summed E-state index contributed by atoms with van der Waals surface area (Å²) < 4.78 is 31.2. The highest BCUT2D eigenvalue weighted by molar-refractivity contribution is 7.88. The normalized spacial score (nSPS) is 15.8. The molecule has 0 aromatic heterocycles. The van der Waals surface area contributed by atoms with Gasteiger partial charge in [-0.3, -0.25) is 4.90 Å². The predicted octanol–water partition coefficient (Wildman–Crippen LogP) is 4.67. The first-order valence-electron chi connectivity index (χ1n) is 11.3. The lowest BCUT2D eigenvalue weighted by atomic mass is 9.77. The highest BCUT2D eigenvalue weighted by atomic mass is 35.5. The summed E-state index contributed by atoms with van der Waals surface area (Å²) in [7, 11) is -3.16. The molecule has 0 amide bonds. The highest BCUT2D eigenvalue weighted by Crippen LogP contribution is 2.38. The maximum atomic E-state index is 11.4. The van der Waals surface area contributed by atoms with Crippen molar-refractivity contribution in [2.45, 2.75) is 44.7 Å². The van der Waals surface area contributed by atoms with E-state index in [1.54, 1.807) is 0 Å². The van der Waals surface area contributed by atoms with Gasteiger partial charge in [0.15, 0.2) is 5.75 Å². The molecule has 2 aromatic carbocycles. The third kappa shape index (κ3) is 6.87. The van der Waals surface area contributed by atoms with Crippen molar-refractivity contribution in [2.75, 3.05) is 31.8 Å². The average Bonchev–Trinajstić information content (AvgIpc) is 2.78. The van der Waals surface area contributed by atoms with Crippen LogP contribution in [0.1, 0.15) is 48.9 Å². The fraction of sp³-hybridized carbons (Fsp3) is 0.480. The van der Waals surface area contributed by atoms with Crippen molar-refractivity contribution in [1.29, 1.82) is 5.26 Å². The number of piperidine rings is 1. The second-order valence-electron chi connectivity index (χ2n) is 9.25. The molecule has 2 aromatic rings. The van der Waals surface area contributed by atoms with Crippen LogP contribution in [0.3, 0.4) is 0 Å². The molecular weight excluding hydrogens is 493 g/mol. The van der Waals surface area contributed by atoms with Crippen molar-refractivity contribution in [3.05, 3.63) is 63.7 Å². The molecule has 6 nitrogen and oxygen atoms in total. The summed E-state index contributed by atoms with van der Waals surface area (Å²) in [6.45, 7) is 7.03. The summed E-state index contributed by atoms with van der Waals surface area (Å²) in [6.07, 6.45) is 2.83. The maximum Gasteiger partial charge on any atom is 0.208 e. The number of hydrogen-bond acceptors (Lipinski definition) is 5. The SMILES string of the molecule is CC(C)(c1ccc(CN2CCC(NS(C)(=O)=O)CC2)cc1)c1cc(Cl)c(OCCCl)c(C#N)c1. The van der Waals surface area contributed by atoms with Crippen molar-refractivity contribution in [1.82, 2.24) is 9.62 Å². The van der Waals surface area contributed by atoms with Crippen molar-refractivity contribution in [3.8, 4) is 11.8 Å². The number of nitrogens with one attached hydrogen (secondary N) is 1. The van der Waals surface area contributed by atoms with Crippen LogP contribution in [0.2, 0.25) is 5.02 Å². The van der Waals surface area contributed by atoms with E-state index in [4.69, 9.17) is 27.9 Å². The monoisotopic (exact) mass is 523 g/mol. The summed E-state index contributed by atoms with van der Waals surface area (Å²) in [5.41, 5.74) is 3.27. The van der Waals surface area contributed by atoms with Gasteiger partial charge in [-0.25, -0.2) is 13.1 Å². The summed E-state index contributed by atoms with van der Waals surface area (Å²) in [5.74, 6) is 0.686. The molecule has 184 valence electrons. The first kappa shape index (κ1) is 26.8. The quantitative estimate of drug-likeness (QED) is 0.483. The number of hydrogen-bond donors (Lipinski definition) is 1. The van der Waals surface area contributed by atoms with Crippen LogP contribution in [0.25, 0.3) is 0 Å². The molecule has 1 saturated heterocycles. The third-order valence-electron chi connectivity index (χ3n) is 6.26. The van der Waals surface area contributed by atoms with Crippen LogP contribution in [0.15, 0.2) is 36.4 Å². The minimum Gasteiger partial charge on any atom is -0.489 e. The van der Waals surface area contributed by atoms with Crippen molar-refractivity contribution in [2.24, 2.45) is 0 Å². The Kier molecular flexibility index (Phi) is 8.88. The lowest BCUT2D eigenvalue weighted by Gasteiger charge is -2.32. The Morgan fingerprint density at radius 2 is 1.82 bits per heavy atom. The standard InChI is InChI=1S/C25H31Cl2N3O3S/c1-25(2,21-14-19(16-28)24(23(27)15-21)33-13-10-26)20-6-4-18(5-7-20)17-30-11-8-22(9-12-30)29-34(3,31)32/h4-7,14-15,22,29H,8-13,17H2,1-3H3. The molecule has 9 heteroatoms. The number of nitriles is 1. The van der Waals surface area contributed by atoms with Gasteiger partial charge in [-0.2, -0.15) is 5.26 Å². The topological polar surface area (TPSA) is 82.4 Å². The Hall–Kier alpha value is -1.82. The number of nitrogens with zero attached hydrogens (tertiary/aromatic N) is 2. The summed E-state index contributed by atoms with van der Waals surface area (Å²) >= 11 is 12.2. The minimum atomic E-state index is -3.16. The van der Waals surface area contributed by atoms with Gasteiger partial charge in [0, 0.05) is 31.1 Å². The molecule has 0 radical (unpaired) electrons. The van der Waals surface area contributed by atoms with Gasteiger partial charge in [-0.05, 0) is 41.7 Å². The minimum absolute atomic E-state index is 0.0197. The molecule has 1 aliphatic heterocycles. The predicted molar refractivity (Wildman–Crippen MR) is 137 cm³/mol. The fourth-order valence-electron chi connectivity index (χ4n) is 4.29. The zero-order chi connectivity index (χ0) is 24.9. The van der Waals surface area contributed by atoms with Crippen LogP contribution >= 0.6 is 23.2 Å². The van der Waals surface area contributed by atoms with Crippen molar-refractivity contribution in [3.63, 3.8) is 0 Å². The van der Waals surface area contributed by atoms with E-state index in [1.165, 1.54) is 11.8 Å². The van der Waals surface area contributed by atoms with E-state index >= 15 is 0 Å². The Bertz CT molecular complexity index is 1140.